The second kappa shape index (κ2) is 8.15. The molecule has 1 amide bonds. The monoisotopic (exact) mass is 271 g/mol. The van der Waals surface area contributed by atoms with Gasteiger partial charge in [0.1, 0.15) is 0 Å². The first-order valence-corrected chi connectivity index (χ1v) is 7.11. The molecule has 0 radical (unpaired) electrons. The van der Waals surface area contributed by atoms with E-state index in [1.807, 2.05) is 0 Å². The third kappa shape index (κ3) is 4.20. The Morgan fingerprint density at radius 2 is 1.95 bits per heavy atom. The first-order valence-electron chi connectivity index (χ1n) is 7.11. The van der Waals surface area contributed by atoms with Gasteiger partial charge < -0.3 is 14.4 Å². The molecule has 1 aliphatic rings. The molecule has 0 N–H and O–H groups in total. The maximum Gasteiger partial charge on any atom is 0.331 e. The Balaban J connectivity index is 2.76. The number of amides is 1. The summed E-state index contributed by atoms with van der Waals surface area (Å²) < 4.78 is 10.0. The van der Waals surface area contributed by atoms with Gasteiger partial charge in [0.25, 0.3) is 0 Å². The molecule has 1 fully saturated rings. The summed E-state index contributed by atoms with van der Waals surface area (Å²) >= 11 is 0. The van der Waals surface area contributed by atoms with E-state index in [9.17, 15) is 9.59 Å². The van der Waals surface area contributed by atoms with Crippen LogP contribution in [0.2, 0.25) is 0 Å². The van der Waals surface area contributed by atoms with Crippen LogP contribution in [0.15, 0.2) is 0 Å². The van der Waals surface area contributed by atoms with Crippen molar-refractivity contribution in [2.45, 2.75) is 45.6 Å². The molecular weight excluding hydrogens is 246 g/mol. The predicted molar refractivity (Wildman–Crippen MR) is 71.6 cm³/mol. The zero-order valence-corrected chi connectivity index (χ0v) is 12.2. The zero-order valence-electron chi connectivity index (χ0n) is 12.2. The van der Waals surface area contributed by atoms with Crippen LogP contribution in [0.25, 0.3) is 0 Å². The molecule has 5 nitrogen and oxygen atoms in total. The Kier molecular flexibility index (Phi) is 6.84. The standard InChI is InChI=1S/C14H25NO4/c1-4-6-11(7-5-2)13(16)15-8-9-19-10-12(15)14(17)18-3/h11-12H,4-10H2,1-3H3. The van der Waals surface area contributed by atoms with Crippen LogP contribution >= 0.6 is 0 Å². The zero-order chi connectivity index (χ0) is 14.3. The van der Waals surface area contributed by atoms with Crippen molar-refractivity contribution >= 4 is 11.9 Å². The summed E-state index contributed by atoms with van der Waals surface area (Å²) in [6, 6.07) is -0.581. The third-order valence-corrected chi connectivity index (χ3v) is 3.51. The van der Waals surface area contributed by atoms with Gasteiger partial charge in [0, 0.05) is 12.5 Å². The normalized spacial score (nSPS) is 19.6. The van der Waals surface area contributed by atoms with Crippen molar-refractivity contribution in [2.75, 3.05) is 26.9 Å². The van der Waals surface area contributed by atoms with Crippen LogP contribution < -0.4 is 0 Å². The molecule has 0 bridgehead atoms. The molecule has 1 atom stereocenters. The van der Waals surface area contributed by atoms with Gasteiger partial charge in [-0.05, 0) is 12.8 Å². The summed E-state index contributed by atoms with van der Waals surface area (Å²) in [7, 11) is 1.34. The van der Waals surface area contributed by atoms with E-state index in [2.05, 4.69) is 13.8 Å². The van der Waals surface area contributed by atoms with E-state index in [1.165, 1.54) is 7.11 Å². The molecule has 1 unspecified atom stereocenters. The second-order valence-electron chi connectivity index (χ2n) is 4.92. The number of morpholine rings is 1. The highest BCUT2D eigenvalue weighted by molar-refractivity contribution is 5.86. The van der Waals surface area contributed by atoms with Crippen LogP contribution in [0, 0.1) is 5.92 Å². The Labute approximate surface area is 115 Å². The smallest absolute Gasteiger partial charge is 0.331 e. The maximum absolute atomic E-state index is 12.6. The van der Waals surface area contributed by atoms with Crippen molar-refractivity contribution in [2.24, 2.45) is 5.92 Å². The van der Waals surface area contributed by atoms with Crippen molar-refractivity contribution in [3.8, 4) is 0 Å². The average Bonchev–Trinajstić information content (AvgIpc) is 2.45. The number of carbonyl (C=O) groups excluding carboxylic acids is 2. The number of hydrogen-bond acceptors (Lipinski definition) is 4. The van der Waals surface area contributed by atoms with E-state index in [1.54, 1.807) is 4.90 Å². The molecule has 1 heterocycles. The largest absolute Gasteiger partial charge is 0.467 e. The van der Waals surface area contributed by atoms with E-state index < -0.39 is 6.04 Å². The lowest BCUT2D eigenvalue weighted by atomic mass is 9.95. The van der Waals surface area contributed by atoms with Gasteiger partial charge in [-0.25, -0.2) is 4.79 Å². The van der Waals surface area contributed by atoms with Gasteiger partial charge in [-0.15, -0.1) is 0 Å². The summed E-state index contributed by atoms with van der Waals surface area (Å²) in [4.78, 5) is 25.9. The van der Waals surface area contributed by atoms with Gasteiger partial charge in [0.2, 0.25) is 5.91 Å². The fourth-order valence-electron chi connectivity index (χ4n) is 2.52. The van der Waals surface area contributed by atoms with Gasteiger partial charge >= 0.3 is 5.97 Å². The maximum atomic E-state index is 12.6. The van der Waals surface area contributed by atoms with E-state index >= 15 is 0 Å². The van der Waals surface area contributed by atoms with Gasteiger partial charge in [-0.2, -0.15) is 0 Å². The van der Waals surface area contributed by atoms with Gasteiger partial charge in [-0.3, -0.25) is 4.79 Å². The summed E-state index contributed by atoms with van der Waals surface area (Å²) in [6.45, 7) is 5.36. The van der Waals surface area contributed by atoms with Crippen LogP contribution in [0.3, 0.4) is 0 Å². The molecular formula is C14H25NO4. The number of carbonyl (C=O) groups is 2. The molecule has 110 valence electrons. The molecule has 0 saturated carbocycles. The first kappa shape index (κ1) is 16.0. The SMILES string of the molecule is CCCC(CCC)C(=O)N1CCOCC1C(=O)OC. The number of hydrogen-bond donors (Lipinski definition) is 0. The number of methoxy groups -OCH3 is 1. The van der Waals surface area contributed by atoms with E-state index in [0.29, 0.717) is 13.2 Å². The predicted octanol–water partition coefficient (Wildman–Crippen LogP) is 1.60. The van der Waals surface area contributed by atoms with Crippen LogP contribution in [-0.2, 0) is 19.1 Å². The van der Waals surface area contributed by atoms with Gasteiger partial charge in [0.05, 0.1) is 20.3 Å². The minimum absolute atomic E-state index is 0.0141. The molecule has 1 aliphatic heterocycles. The quantitative estimate of drug-likeness (QED) is 0.689. The molecule has 0 aliphatic carbocycles. The lowest BCUT2D eigenvalue weighted by molar-refractivity contribution is -0.162. The minimum Gasteiger partial charge on any atom is -0.467 e. The number of nitrogens with zero attached hydrogens (tertiary/aromatic N) is 1. The Hall–Kier alpha value is -1.10. The first-order chi connectivity index (χ1) is 9.15. The molecule has 0 aromatic carbocycles. The van der Waals surface area contributed by atoms with Crippen molar-refractivity contribution in [3.63, 3.8) is 0 Å². The number of ether oxygens (including phenoxy) is 2. The fourth-order valence-corrected chi connectivity index (χ4v) is 2.52. The molecule has 1 saturated heterocycles. The summed E-state index contributed by atoms with van der Waals surface area (Å²) in [6.07, 6.45) is 3.70. The van der Waals surface area contributed by atoms with Crippen molar-refractivity contribution < 1.29 is 19.1 Å². The van der Waals surface area contributed by atoms with E-state index in [4.69, 9.17) is 9.47 Å². The molecule has 0 spiro atoms. The van der Waals surface area contributed by atoms with Gasteiger partial charge in [-0.1, -0.05) is 26.7 Å². The topological polar surface area (TPSA) is 55.8 Å². The summed E-state index contributed by atoms with van der Waals surface area (Å²) in [5.74, 6) is -0.303. The Bertz CT molecular complexity index is 300. The molecule has 19 heavy (non-hydrogen) atoms. The van der Waals surface area contributed by atoms with Gasteiger partial charge in [0.15, 0.2) is 6.04 Å². The average molecular weight is 271 g/mol. The highest BCUT2D eigenvalue weighted by Gasteiger charge is 2.36. The van der Waals surface area contributed by atoms with Crippen LogP contribution in [-0.4, -0.2) is 49.7 Å². The second-order valence-corrected chi connectivity index (χ2v) is 4.92. The van der Waals surface area contributed by atoms with Crippen molar-refractivity contribution in [3.05, 3.63) is 0 Å². The number of esters is 1. The molecule has 5 heteroatoms. The molecule has 1 rings (SSSR count). The summed E-state index contributed by atoms with van der Waals surface area (Å²) in [5, 5.41) is 0. The lowest BCUT2D eigenvalue weighted by Gasteiger charge is -2.36. The van der Waals surface area contributed by atoms with Crippen LogP contribution in [0.5, 0.6) is 0 Å². The highest BCUT2D eigenvalue weighted by Crippen LogP contribution is 2.20. The Morgan fingerprint density at radius 1 is 1.32 bits per heavy atom. The third-order valence-electron chi connectivity index (χ3n) is 3.51. The van der Waals surface area contributed by atoms with E-state index in [0.717, 1.165) is 25.7 Å². The summed E-state index contributed by atoms with van der Waals surface area (Å²) in [5.41, 5.74) is 0. The van der Waals surface area contributed by atoms with Crippen LogP contribution in [0.1, 0.15) is 39.5 Å². The highest BCUT2D eigenvalue weighted by atomic mass is 16.5. The fraction of sp³-hybridized carbons (Fsp3) is 0.857. The minimum atomic E-state index is -0.581. The van der Waals surface area contributed by atoms with Crippen molar-refractivity contribution in [1.82, 2.24) is 4.90 Å². The van der Waals surface area contributed by atoms with Crippen LogP contribution in [0.4, 0.5) is 0 Å². The van der Waals surface area contributed by atoms with Crippen molar-refractivity contribution in [1.29, 1.82) is 0 Å². The number of rotatable bonds is 6. The lowest BCUT2D eigenvalue weighted by Crippen LogP contribution is -2.54. The molecule has 0 aromatic heterocycles. The Morgan fingerprint density at radius 3 is 2.47 bits per heavy atom. The van der Waals surface area contributed by atoms with E-state index in [-0.39, 0.29) is 24.4 Å². The molecule has 0 aromatic rings.